The van der Waals surface area contributed by atoms with Crippen molar-refractivity contribution in [3.05, 3.63) is 243 Å². The van der Waals surface area contributed by atoms with Gasteiger partial charge in [-0.2, -0.15) is 39.5 Å². The van der Waals surface area contributed by atoms with E-state index >= 15 is 0 Å². The fraction of sp³-hybridized carbons (Fsp3) is 0.208. The third-order valence-corrected chi connectivity index (χ3v) is 12.2. The summed E-state index contributed by atoms with van der Waals surface area (Å²) in [5.41, 5.74) is 1.58. The van der Waals surface area contributed by atoms with Crippen molar-refractivity contribution in [1.82, 2.24) is 5.32 Å². The standard InChI is InChI=1S/C21H20N2O3.C16H13NO3.C14H10FNO.C7H5F3O.C7H3F2N.C7H11NO2/c1-14-8-5-6-10-18(14)25-19-11-7-9-15(16(19)12-22)17(13-23)20(24)26-21(2,3)4;1-10-5-2-3-7-12(10)20-13-8-4-6-11-9-14(18)17-16(19)15(11)13;1-10-5-2-3-7-13(10)17-14-8-4-6-12(15)11(14)9-16;8-7(9,10)5-3-1-2-4-6(5)11;8-6-2-1-3-7(9)5(6)4-10;1-7(2,3)10-6(9)4-5-8/h5-11,17H,1-4H3;2-8H,9H2,1H3,(H,17,18,19);2-8H,1H3;1-4,11H;1-3H;4H2,1-3H3. The van der Waals surface area contributed by atoms with Crippen LogP contribution in [-0.4, -0.2) is 40.1 Å². The third-order valence-electron chi connectivity index (χ3n) is 12.2. The summed E-state index contributed by atoms with van der Waals surface area (Å²) in [5, 5.41) is 55.3. The second-order valence-electron chi connectivity index (χ2n) is 21.7. The molecule has 2 N–H and O–H groups in total. The Kier molecular flexibility index (Phi) is 27.7. The molecule has 0 aliphatic carbocycles. The van der Waals surface area contributed by atoms with Gasteiger partial charge in [0.25, 0.3) is 5.91 Å². The number of amides is 2. The van der Waals surface area contributed by atoms with Crippen molar-refractivity contribution >= 4 is 23.8 Å². The van der Waals surface area contributed by atoms with Crippen LogP contribution in [0.3, 0.4) is 0 Å². The number of rotatable bonds is 9. The number of phenolic OH excluding ortho intramolecular Hbond substituents is 1. The molecular formula is C72H62F6N6O10. The molecule has 0 aromatic heterocycles. The van der Waals surface area contributed by atoms with E-state index in [4.69, 9.17) is 44.6 Å². The lowest BCUT2D eigenvalue weighted by molar-refractivity contribution is -0.155. The minimum atomic E-state index is -4.47. The Morgan fingerprint density at radius 2 is 0.926 bits per heavy atom. The maximum absolute atomic E-state index is 13.4. The van der Waals surface area contributed by atoms with E-state index in [0.29, 0.717) is 39.9 Å². The molecule has 22 heteroatoms. The van der Waals surface area contributed by atoms with Crippen LogP contribution >= 0.6 is 0 Å². The molecular weight excluding hydrogens is 1220 g/mol. The van der Waals surface area contributed by atoms with E-state index in [0.717, 1.165) is 41.0 Å². The second kappa shape index (κ2) is 34.9. The number of benzene rings is 8. The maximum Gasteiger partial charge on any atom is 0.419 e. The zero-order valence-electron chi connectivity index (χ0n) is 52.3. The van der Waals surface area contributed by atoms with E-state index in [2.05, 4.69) is 11.4 Å². The zero-order valence-corrected chi connectivity index (χ0v) is 52.3. The van der Waals surface area contributed by atoms with Gasteiger partial charge in [0.05, 0.1) is 35.2 Å². The first-order valence-electron chi connectivity index (χ1n) is 28.1. The lowest BCUT2D eigenvalue weighted by Crippen LogP contribution is -2.37. The van der Waals surface area contributed by atoms with Crippen LogP contribution in [0, 0.1) is 94.9 Å². The summed E-state index contributed by atoms with van der Waals surface area (Å²) < 4.78 is 101. The van der Waals surface area contributed by atoms with Gasteiger partial charge >= 0.3 is 18.1 Å². The normalized spacial score (nSPS) is 11.3. The molecule has 1 heterocycles. The molecule has 94 heavy (non-hydrogen) atoms. The molecule has 0 saturated carbocycles. The highest BCUT2D eigenvalue weighted by Gasteiger charge is 2.33. The number of carbonyl (C=O) groups excluding carboxylic acids is 4. The quantitative estimate of drug-likeness (QED) is 0.0773. The van der Waals surface area contributed by atoms with Gasteiger partial charge in [-0.25, -0.2) is 13.2 Å². The van der Waals surface area contributed by atoms with Gasteiger partial charge in [-0.3, -0.25) is 24.5 Å². The monoisotopic (exact) mass is 1280 g/mol. The molecule has 2 amide bonds. The molecule has 16 nitrogen and oxygen atoms in total. The van der Waals surface area contributed by atoms with E-state index in [-0.39, 0.29) is 41.2 Å². The molecule has 8 aromatic carbocycles. The van der Waals surface area contributed by atoms with Crippen LogP contribution in [-0.2, 0) is 36.5 Å². The van der Waals surface area contributed by atoms with E-state index in [1.807, 2.05) is 87.5 Å². The summed E-state index contributed by atoms with van der Waals surface area (Å²) in [4.78, 5) is 46.4. The van der Waals surface area contributed by atoms with Gasteiger partial charge in [0, 0.05) is 5.56 Å². The predicted molar refractivity (Wildman–Crippen MR) is 333 cm³/mol. The molecule has 0 saturated heterocycles. The Balaban J connectivity index is 0.000000250. The third kappa shape index (κ3) is 23.1. The van der Waals surface area contributed by atoms with Crippen LogP contribution in [0.1, 0.15) is 114 Å². The minimum absolute atomic E-state index is 0.0734. The number of hydrogen-bond acceptors (Lipinski definition) is 15. The minimum Gasteiger partial charge on any atom is -0.507 e. The van der Waals surface area contributed by atoms with Gasteiger partial charge in [0.15, 0.2) is 5.92 Å². The fourth-order valence-electron chi connectivity index (χ4n) is 7.90. The largest absolute Gasteiger partial charge is 0.507 e. The summed E-state index contributed by atoms with van der Waals surface area (Å²) in [7, 11) is 0. The first kappa shape index (κ1) is 74.5. The number of para-hydroxylation sites is 4. The molecule has 0 spiro atoms. The molecule has 1 aliphatic heterocycles. The lowest BCUT2D eigenvalue weighted by Gasteiger charge is -2.22. The number of phenols is 1. The molecule has 1 aliphatic rings. The van der Waals surface area contributed by atoms with Crippen molar-refractivity contribution in [2.24, 2.45) is 0 Å². The van der Waals surface area contributed by atoms with E-state index in [1.54, 1.807) is 108 Å². The van der Waals surface area contributed by atoms with Crippen molar-refractivity contribution in [1.29, 1.82) is 26.3 Å². The Labute approximate surface area is 539 Å². The molecule has 1 atom stereocenters. The second-order valence-corrected chi connectivity index (χ2v) is 21.7. The highest BCUT2D eigenvalue weighted by atomic mass is 19.4. The summed E-state index contributed by atoms with van der Waals surface area (Å²) in [6.07, 6.45) is -4.44. The highest BCUT2D eigenvalue weighted by molar-refractivity contribution is 6.11. The van der Waals surface area contributed by atoms with Gasteiger partial charge in [-0.05, 0) is 151 Å². The van der Waals surface area contributed by atoms with Gasteiger partial charge < -0.3 is 28.8 Å². The van der Waals surface area contributed by atoms with Crippen molar-refractivity contribution in [3.63, 3.8) is 0 Å². The van der Waals surface area contributed by atoms with Crippen LogP contribution in [0.15, 0.2) is 170 Å². The van der Waals surface area contributed by atoms with Crippen LogP contribution in [0.4, 0.5) is 26.3 Å². The van der Waals surface area contributed by atoms with E-state index < -0.39 is 75.5 Å². The van der Waals surface area contributed by atoms with Crippen molar-refractivity contribution in [3.8, 4) is 70.6 Å². The number of aromatic hydroxyl groups is 1. The number of hydrogen-bond donors (Lipinski definition) is 2. The number of fused-ring (bicyclic) bond motifs is 1. The smallest absolute Gasteiger partial charge is 0.419 e. The number of esters is 2. The fourth-order valence-corrected chi connectivity index (χ4v) is 7.90. The number of nitrogens with zero attached hydrogens (tertiary/aromatic N) is 5. The topological polar surface area (TPSA) is 266 Å². The number of aryl methyl sites for hydroxylation is 3. The molecule has 9 rings (SSSR count). The number of alkyl halides is 3. The van der Waals surface area contributed by atoms with Gasteiger partial charge in [-0.1, -0.05) is 103 Å². The average molecular weight is 1290 g/mol. The molecule has 0 fully saturated rings. The highest BCUT2D eigenvalue weighted by Crippen LogP contribution is 2.37. The van der Waals surface area contributed by atoms with Crippen molar-refractivity contribution in [2.75, 3.05) is 0 Å². The Bertz CT molecular complexity index is 4200. The summed E-state index contributed by atoms with van der Waals surface area (Å²) in [6, 6.07) is 53.5. The number of halogens is 6. The molecule has 8 aromatic rings. The molecule has 0 radical (unpaired) electrons. The van der Waals surface area contributed by atoms with Crippen molar-refractivity contribution in [2.45, 2.75) is 98.5 Å². The molecule has 482 valence electrons. The van der Waals surface area contributed by atoms with Gasteiger partial charge in [0.1, 0.15) is 105 Å². The van der Waals surface area contributed by atoms with Crippen LogP contribution in [0.5, 0.6) is 40.2 Å². The number of carbonyl (C=O) groups is 4. The Morgan fingerprint density at radius 3 is 1.35 bits per heavy atom. The van der Waals surface area contributed by atoms with E-state index in [9.17, 15) is 56.0 Å². The van der Waals surface area contributed by atoms with Crippen LogP contribution in [0.2, 0.25) is 0 Å². The summed E-state index contributed by atoms with van der Waals surface area (Å²) >= 11 is 0. The average Bonchev–Trinajstić information content (AvgIpc) is 0.810. The number of imide groups is 1. The maximum atomic E-state index is 13.4. The number of nitrogens with one attached hydrogen (secondary N) is 1. The number of nitriles is 5. The predicted octanol–water partition coefficient (Wildman–Crippen LogP) is 16.5. The van der Waals surface area contributed by atoms with Crippen LogP contribution < -0.4 is 19.5 Å². The summed E-state index contributed by atoms with van der Waals surface area (Å²) in [5.74, 6) is -3.05. The molecule has 1 unspecified atom stereocenters. The first-order valence-corrected chi connectivity index (χ1v) is 28.1. The zero-order chi connectivity index (χ0) is 69.9. The van der Waals surface area contributed by atoms with Gasteiger partial charge in [-0.15, -0.1) is 0 Å². The molecule has 0 bridgehead atoms. The van der Waals surface area contributed by atoms with Gasteiger partial charge in [0.2, 0.25) is 5.91 Å². The lowest BCUT2D eigenvalue weighted by atomic mass is 9.95. The Morgan fingerprint density at radius 1 is 0.521 bits per heavy atom. The van der Waals surface area contributed by atoms with Crippen LogP contribution in [0.25, 0.3) is 0 Å². The number of ether oxygens (including phenoxy) is 5. The first-order chi connectivity index (χ1) is 44.4. The van der Waals surface area contributed by atoms with Crippen molar-refractivity contribution < 1.29 is 74.3 Å². The summed E-state index contributed by atoms with van der Waals surface area (Å²) in [6.45, 7) is 16.2. The Hall–Kier alpha value is -11.9. The SMILES string of the molecule is CC(C)(C)OC(=O)CC#N.Cc1ccccc1Oc1cccc(C(C#N)C(=O)OC(C)(C)C)c1C#N.Cc1ccccc1Oc1cccc(F)c1C#N.Cc1ccccc1Oc1cccc2c1C(=O)NC(=O)C2.N#Cc1c(F)cccc1F.Oc1ccccc1C(F)(F)F. The van der Waals surface area contributed by atoms with E-state index in [1.165, 1.54) is 36.4 Å².